The van der Waals surface area contributed by atoms with Gasteiger partial charge in [-0.25, -0.2) is 4.79 Å². The monoisotopic (exact) mass is 254 g/mol. The highest BCUT2D eigenvalue weighted by Gasteiger charge is 2.34. The summed E-state index contributed by atoms with van der Waals surface area (Å²) in [5.41, 5.74) is -0.879. The largest absolute Gasteiger partial charge is 0.481 e. The summed E-state index contributed by atoms with van der Waals surface area (Å²) in [7, 11) is 0. The molecule has 5 nitrogen and oxygen atoms in total. The van der Waals surface area contributed by atoms with Crippen LogP contribution in [0.15, 0.2) is 0 Å². The first-order chi connectivity index (χ1) is 8.52. The van der Waals surface area contributed by atoms with E-state index in [2.05, 4.69) is 16.6 Å². The Morgan fingerprint density at radius 2 is 1.89 bits per heavy atom. The molecule has 0 aromatic heterocycles. The number of terminal acetylenes is 1. The van der Waals surface area contributed by atoms with Gasteiger partial charge >= 0.3 is 12.0 Å². The van der Waals surface area contributed by atoms with E-state index in [1.54, 1.807) is 0 Å². The Kier molecular flexibility index (Phi) is 7.61. The number of urea groups is 1. The van der Waals surface area contributed by atoms with Crippen LogP contribution in [0.1, 0.15) is 39.5 Å². The predicted molar refractivity (Wildman–Crippen MR) is 70.1 cm³/mol. The first-order valence-corrected chi connectivity index (χ1v) is 6.21. The van der Waals surface area contributed by atoms with E-state index in [9.17, 15) is 14.7 Å². The van der Waals surface area contributed by atoms with Crippen LogP contribution in [-0.4, -0.2) is 30.2 Å². The van der Waals surface area contributed by atoms with E-state index in [-0.39, 0.29) is 12.6 Å². The van der Waals surface area contributed by atoms with Crippen molar-refractivity contribution in [2.75, 3.05) is 13.1 Å². The van der Waals surface area contributed by atoms with Gasteiger partial charge in [-0.15, -0.1) is 12.3 Å². The number of carboxylic acids is 1. The molecule has 0 aliphatic rings. The van der Waals surface area contributed by atoms with Crippen molar-refractivity contribution in [3.05, 3.63) is 0 Å². The second-order valence-electron chi connectivity index (χ2n) is 4.21. The number of amides is 2. The summed E-state index contributed by atoms with van der Waals surface area (Å²) in [6.07, 6.45) is 7.38. The van der Waals surface area contributed by atoms with Crippen molar-refractivity contribution >= 4 is 12.0 Å². The number of carbonyl (C=O) groups excluding carboxylic acids is 1. The number of nitrogens with one attached hydrogen (secondary N) is 2. The fourth-order valence-corrected chi connectivity index (χ4v) is 1.58. The van der Waals surface area contributed by atoms with E-state index >= 15 is 0 Å². The number of hydrogen-bond donors (Lipinski definition) is 3. The fourth-order valence-electron chi connectivity index (χ4n) is 1.58. The number of carboxylic acid groups (broad SMARTS) is 1. The predicted octanol–water partition coefficient (Wildman–Crippen LogP) is 1.59. The van der Waals surface area contributed by atoms with Crippen LogP contribution < -0.4 is 10.6 Å². The summed E-state index contributed by atoms with van der Waals surface area (Å²) in [6.45, 7) is 4.25. The topological polar surface area (TPSA) is 78.4 Å². The van der Waals surface area contributed by atoms with Crippen LogP contribution >= 0.6 is 0 Å². The number of carbonyl (C=O) groups is 2. The molecule has 0 rings (SSSR count). The number of unbranched alkanes of at least 4 members (excludes halogenated alkanes) is 1. The molecule has 0 radical (unpaired) electrons. The van der Waals surface area contributed by atoms with Gasteiger partial charge in [0.2, 0.25) is 0 Å². The lowest BCUT2D eigenvalue weighted by atomic mass is 9.82. The molecule has 0 atom stereocenters. The molecular formula is C13H22N2O3. The van der Waals surface area contributed by atoms with Crippen LogP contribution in [0.3, 0.4) is 0 Å². The van der Waals surface area contributed by atoms with Gasteiger partial charge in [0.1, 0.15) is 0 Å². The van der Waals surface area contributed by atoms with Gasteiger partial charge < -0.3 is 15.7 Å². The first-order valence-electron chi connectivity index (χ1n) is 6.21. The number of hydrogen-bond acceptors (Lipinski definition) is 2. The Morgan fingerprint density at radius 3 is 2.33 bits per heavy atom. The fraction of sp³-hybridized carbons (Fsp3) is 0.692. The zero-order chi connectivity index (χ0) is 14.0. The van der Waals surface area contributed by atoms with Gasteiger partial charge in [-0.05, 0) is 19.3 Å². The van der Waals surface area contributed by atoms with E-state index in [1.807, 2.05) is 13.8 Å². The quantitative estimate of drug-likeness (QED) is 0.454. The Morgan fingerprint density at radius 1 is 1.28 bits per heavy atom. The van der Waals surface area contributed by atoms with Gasteiger partial charge in [-0.2, -0.15) is 0 Å². The lowest BCUT2D eigenvalue weighted by Gasteiger charge is -2.26. The molecule has 0 aliphatic carbocycles. The summed E-state index contributed by atoms with van der Waals surface area (Å²) in [5, 5.41) is 14.4. The molecular weight excluding hydrogens is 232 g/mol. The molecule has 0 fully saturated rings. The minimum absolute atomic E-state index is 0.135. The molecule has 2 amide bonds. The zero-order valence-corrected chi connectivity index (χ0v) is 11.1. The molecule has 0 saturated heterocycles. The van der Waals surface area contributed by atoms with Crippen molar-refractivity contribution in [2.45, 2.75) is 39.5 Å². The van der Waals surface area contributed by atoms with Gasteiger partial charge in [-0.3, -0.25) is 4.79 Å². The van der Waals surface area contributed by atoms with Gasteiger partial charge in [-0.1, -0.05) is 13.8 Å². The lowest BCUT2D eigenvalue weighted by molar-refractivity contribution is -0.149. The molecule has 0 aromatic rings. The molecule has 0 unspecified atom stereocenters. The molecule has 0 bridgehead atoms. The zero-order valence-electron chi connectivity index (χ0n) is 11.1. The van der Waals surface area contributed by atoms with Gasteiger partial charge in [0.15, 0.2) is 0 Å². The summed E-state index contributed by atoms with van der Waals surface area (Å²) >= 11 is 0. The summed E-state index contributed by atoms with van der Waals surface area (Å²) in [6, 6.07) is -0.348. The third-order valence-corrected chi connectivity index (χ3v) is 3.18. The van der Waals surface area contributed by atoms with E-state index < -0.39 is 11.4 Å². The molecule has 0 aromatic carbocycles. The van der Waals surface area contributed by atoms with Crippen LogP contribution in [-0.2, 0) is 4.79 Å². The average molecular weight is 254 g/mol. The van der Waals surface area contributed by atoms with Crippen LogP contribution in [0.5, 0.6) is 0 Å². The molecule has 3 N–H and O–H groups in total. The van der Waals surface area contributed by atoms with Crippen molar-refractivity contribution in [3.63, 3.8) is 0 Å². The van der Waals surface area contributed by atoms with Crippen LogP contribution in [0, 0.1) is 17.8 Å². The van der Waals surface area contributed by atoms with E-state index in [0.717, 1.165) is 6.42 Å². The number of aliphatic carboxylic acids is 1. The molecule has 0 heterocycles. The average Bonchev–Trinajstić information content (AvgIpc) is 2.36. The maximum Gasteiger partial charge on any atom is 0.314 e. The first kappa shape index (κ1) is 16.3. The van der Waals surface area contributed by atoms with Crippen molar-refractivity contribution in [3.8, 4) is 12.3 Å². The third-order valence-electron chi connectivity index (χ3n) is 3.18. The smallest absolute Gasteiger partial charge is 0.314 e. The second-order valence-corrected chi connectivity index (χ2v) is 4.21. The van der Waals surface area contributed by atoms with Crippen molar-refractivity contribution in [2.24, 2.45) is 5.41 Å². The summed E-state index contributed by atoms with van der Waals surface area (Å²) < 4.78 is 0. The Hall–Kier alpha value is -1.70. The summed E-state index contributed by atoms with van der Waals surface area (Å²) in [5.74, 6) is 1.61. The Balaban J connectivity index is 4.09. The molecule has 0 spiro atoms. The standard InChI is InChI=1S/C13H22N2O3/c1-4-7-8-9-14-12(18)15-10-13(5-2,6-3)11(16)17/h1H,5-10H2,2-3H3,(H,16,17)(H2,14,15,18). The molecule has 0 aliphatic heterocycles. The molecule has 0 saturated carbocycles. The van der Waals surface area contributed by atoms with Gasteiger partial charge in [0.05, 0.1) is 5.41 Å². The van der Waals surface area contributed by atoms with Gasteiger partial charge in [0, 0.05) is 19.5 Å². The maximum atomic E-state index is 11.4. The van der Waals surface area contributed by atoms with Crippen molar-refractivity contribution < 1.29 is 14.7 Å². The van der Waals surface area contributed by atoms with E-state index in [4.69, 9.17) is 6.42 Å². The Bertz CT molecular complexity index is 317. The molecule has 102 valence electrons. The van der Waals surface area contributed by atoms with Crippen LogP contribution in [0.4, 0.5) is 4.79 Å². The van der Waals surface area contributed by atoms with Gasteiger partial charge in [0.25, 0.3) is 0 Å². The highest BCUT2D eigenvalue weighted by Crippen LogP contribution is 2.25. The third kappa shape index (κ3) is 5.09. The van der Waals surface area contributed by atoms with E-state index in [0.29, 0.717) is 25.8 Å². The van der Waals surface area contributed by atoms with Crippen LogP contribution in [0.25, 0.3) is 0 Å². The number of rotatable bonds is 8. The lowest BCUT2D eigenvalue weighted by Crippen LogP contribution is -2.46. The summed E-state index contributed by atoms with van der Waals surface area (Å²) in [4.78, 5) is 22.6. The molecule has 5 heteroatoms. The van der Waals surface area contributed by atoms with Crippen LogP contribution in [0.2, 0.25) is 0 Å². The normalized spacial score (nSPS) is 10.5. The minimum Gasteiger partial charge on any atom is -0.481 e. The SMILES string of the molecule is C#CCCCNC(=O)NCC(CC)(CC)C(=O)O. The highest BCUT2D eigenvalue weighted by molar-refractivity contribution is 5.78. The van der Waals surface area contributed by atoms with Crippen molar-refractivity contribution in [1.29, 1.82) is 0 Å². The molecule has 18 heavy (non-hydrogen) atoms. The minimum atomic E-state index is -0.879. The van der Waals surface area contributed by atoms with Crippen molar-refractivity contribution in [1.82, 2.24) is 10.6 Å². The Labute approximate surface area is 108 Å². The maximum absolute atomic E-state index is 11.4. The van der Waals surface area contributed by atoms with E-state index in [1.165, 1.54) is 0 Å². The second kappa shape index (κ2) is 8.40. The highest BCUT2D eigenvalue weighted by atomic mass is 16.4.